The summed E-state index contributed by atoms with van der Waals surface area (Å²) in [7, 11) is 1.67. The normalized spacial score (nSPS) is 24.0. The van der Waals surface area contributed by atoms with Gasteiger partial charge in [-0.1, -0.05) is 12.1 Å². The van der Waals surface area contributed by atoms with Gasteiger partial charge >= 0.3 is 5.97 Å². The summed E-state index contributed by atoms with van der Waals surface area (Å²) in [5.74, 6) is 0.00468. The minimum Gasteiger partial charge on any atom is -0.497 e. The summed E-state index contributed by atoms with van der Waals surface area (Å²) < 4.78 is 5.16. The van der Waals surface area contributed by atoms with Crippen LogP contribution in [-0.4, -0.2) is 41.7 Å². The van der Waals surface area contributed by atoms with Gasteiger partial charge in [0.15, 0.2) is 0 Å². The molecule has 0 saturated carbocycles. The molecule has 3 unspecified atom stereocenters. The summed E-state index contributed by atoms with van der Waals surface area (Å²) >= 11 is 0. The van der Waals surface area contributed by atoms with Crippen LogP contribution in [0.5, 0.6) is 5.75 Å². The standard InChI is InChI=1S/C17H25NO3/c1-12(18-11-10-16(13(18)2)17(19)20)4-5-14-6-8-15(21-3)9-7-14/h6-9,12-13,16H,4-5,10-11H2,1-3H3,(H,19,20). The summed E-state index contributed by atoms with van der Waals surface area (Å²) in [6, 6.07) is 8.70. The zero-order valence-corrected chi connectivity index (χ0v) is 13.1. The summed E-state index contributed by atoms with van der Waals surface area (Å²) in [4.78, 5) is 13.5. The number of hydrogen-bond donors (Lipinski definition) is 1. The third-order valence-electron chi connectivity index (χ3n) is 4.70. The van der Waals surface area contributed by atoms with Crippen LogP contribution in [0.25, 0.3) is 0 Å². The lowest BCUT2D eigenvalue weighted by atomic mass is 10.0. The largest absolute Gasteiger partial charge is 0.497 e. The number of carboxylic acids is 1. The molecule has 1 aromatic rings. The van der Waals surface area contributed by atoms with Crippen molar-refractivity contribution in [1.29, 1.82) is 0 Å². The predicted octanol–water partition coefficient (Wildman–Crippen LogP) is 2.81. The van der Waals surface area contributed by atoms with Gasteiger partial charge in [0.2, 0.25) is 0 Å². The maximum absolute atomic E-state index is 11.2. The van der Waals surface area contributed by atoms with Gasteiger partial charge in [-0.15, -0.1) is 0 Å². The Morgan fingerprint density at radius 1 is 1.43 bits per heavy atom. The van der Waals surface area contributed by atoms with Crippen LogP contribution in [0.2, 0.25) is 0 Å². The van der Waals surface area contributed by atoms with Crippen LogP contribution in [0.4, 0.5) is 0 Å². The first-order chi connectivity index (χ1) is 10.0. The smallest absolute Gasteiger partial charge is 0.308 e. The molecule has 4 nitrogen and oxygen atoms in total. The molecule has 0 aromatic heterocycles. The zero-order chi connectivity index (χ0) is 15.4. The van der Waals surface area contributed by atoms with E-state index in [4.69, 9.17) is 4.74 Å². The van der Waals surface area contributed by atoms with Crippen molar-refractivity contribution in [3.05, 3.63) is 29.8 Å². The van der Waals surface area contributed by atoms with Crippen molar-refractivity contribution in [3.8, 4) is 5.75 Å². The Bertz CT molecular complexity index is 471. The topological polar surface area (TPSA) is 49.8 Å². The molecule has 4 heteroatoms. The molecule has 0 radical (unpaired) electrons. The van der Waals surface area contributed by atoms with Gasteiger partial charge in [-0.2, -0.15) is 0 Å². The molecule has 1 N–H and O–H groups in total. The highest BCUT2D eigenvalue weighted by Crippen LogP contribution is 2.27. The van der Waals surface area contributed by atoms with Crippen molar-refractivity contribution in [3.63, 3.8) is 0 Å². The van der Waals surface area contributed by atoms with E-state index in [1.807, 2.05) is 19.1 Å². The van der Waals surface area contributed by atoms with Gasteiger partial charge in [-0.3, -0.25) is 9.69 Å². The third kappa shape index (κ3) is 3.76. The molecule has 2 rings (SSSR count). The number of hydrogen-bond acceptors (Lipinski definition) is 3. The van der Waals surface area contributed by atoms with E-state index in [0.717, 1.165) is 31.6 Å². The summed E-state index contributed by atoms with van der Waals surface area (Å²) in [6.45, 7) is 5.13. The van der Waals surface area contributed by atoms with Crippen LogP contribution < -0.4 is 4.74 Å². The average Bonchev–Trinajstić information content (AvgIpc) is 2.87. The van der Waals surface area contributed by atoms with Crippen molar-refractivity contribution >= 4 is 5.97 Å². The molecular weight excluding hydrogens is 266 g/mol. The van der Waals surface area contributed by atoms with Crippen LogP contribution in [-0.2, 0) is 11.2 Å². The van der Waals surface area contributed by atoms with Gasteiger partial charge < -0.3 is 9.84 Å². The SMILES string of the molecule is COc1ccc(CCC(C)N2CCC(C(=O)O)C2C)cc1. The summed E-state index contributed by atoms with van der Waals surface area (Å²) in [5, 5.41) is 9.20. The van der Waals surface area contributed by atoms with E-state index >= 15 is 0 Å². The second-order valence-electron chi connectivity index (χ2n) is 5.95. The van der Waals surface area contributed by atoms with Crippen LogP contribution in [0.15, 0.2) is 24.3 Å². The Kier molecular flexibility index (Phi) is 5.23. The first-order valence-electron chi connectivity index (χ1n) is 7.64. The van der Waals surface area contributed by atoms with Crippen LogP contribution in [0, 0.1) is 5.92 Å². The van der Waals surface area contributed by atoms with Crippen LogP contribution in [0.1, 0.15) is 32.3 Å². The molecule has 1 aliphatic rings. The van der Waals surface area contributed by atoms with E-state index in [9.17, 15) is 9.90 Å². The van der Waals surface area contributed by atoms with Gasteiger partial charge in [-0.05, 0) is 57.4 Å². The van der Waals surface area contributed by atoms with Gasteiger partial charge in [0.05, 0.1) is 13.0 Å². The Labute approximate surface area is 126 Å². The second kappa shape index (κ2) is 6.94. The number of likely N-dealkylation sites (tertiary alicyclic amines) is 1. The minimum absolute atomic E-state index is 0.133. The quantitative estimate of drug-likeness (QED) is 0.875. The van der Waals surface area contributed by atoms with Crippen molar-refractivity contribution in [1.82, 2.24) is 4.90 Å². The van der Waals surface area contributed by atoms with Gasteiger partial charge in [0.25, 0.3) is 0 Å². The molecule has 0 bridgehead atoms. The lowest BCUT2D eigenvalue weighted by Gasteiger charge is -2.29. The monoisotopic (exact) mass is 291 g/mol. The number of nitrogens with zero attached hydrogens (tertiary/aromatic N) is 1. The maximum Gasteiger partial charge on any atom is 0.308 e. The van der Waals surface area contributed by atoms with E-state index < -0.39 is 5.97 Å². The fraction of sp³-hybridized carbons (Fsp3) is 0.588. The molecule has 0 aliphatic carbocycles. The molecule has 0 amide bonds. The third-order valence-corrected chi connectivity index (χ3v) is 4.70. The summed E-state index contributed by atoms with van der Waals surface area (Å²) in [6.07, 6.45) is 2.82. The Hall–Kier alpha value is -1.55. The average molecular weight is 291 g/mol. The predicted molar refractivity (Wildman–Crippen MR) is 82.7 cm³/mol. The van der Waals surface area contributed by atoms with Crippen LogP contribution >= 0.6 is 0 Å². The van der Waals surface area contributed by atoms with Crippen LogP contribution in [0.3, 0.4) is 0 Å². The first kappa shape index (κ1) is 15.8. The number of methoxy groups -OCH3 is 1. The van der Waals surface area contributed by atoms with E-state index in [1.54, 1.807) is 7.11 Å². The van der Waals surface area contributed by atoms with Crippen molar-refractivity contribution < 1.29 is 14.6 Å². The fourth-order valence-corrected chi connectivity index (χ4v) is 3.25. The lowest BCUT2D eigenvalue weighted by Crippen LogP contribution is -2.39. The number of aryl methyl sites for hydroxylation is 1. The number of aliphatic carboxylic acids is 1. The van der Waals surface area contributed by atoms with Crippen molar-refractivity contribution in [2.24, 2.45) is 5.92 Å². The number of carbonyl (C=O) groups is 1. The number of carboxylic acid groups (broad SMARTS) is 1. The lowest BCUT2D eigenvalue weighted by molar-refractivity contribution is -0.142. The zero-order valence-electron chi connectivity index (χ0n) is 13.1. The summed E-state index contributed by atoms with van der Waals surface area (Å²) in [5.41, 5.74) is 1.30. The maximum atomic E-state index is 11.2. The number of rotatable bonds is 6. The molecule has 21 heavy (non-hydrogen) atoms. The van der Waals surface area contributed by atoms with Gasteiger partial charge in [0, 0.05) is 12.1 Å². The molecule has 1 fully saturated rings. The molecule has 1 aliphatic heterocycles. The Morgan fingerprint density at radius 3 is 2.62 bits per heavy atom. The Balaban J connectivity index is 1.86. The molecule has 1 heterocycles. The Morgan fingerprint density at radius 2 is 2.10 bits per heavy atom. The van der Waals surface area contributed by atoms with Crippen molar-refractivity contribution in [2.75, 3.05) is 13.7 Å². The number of ether oxygens (including phenoxy) is 1. The van der Waals surface area contributed by atoms with Crippen molar-refractivity contribution in [2.45, 2.75) is 45.2 Å². The van der Waals surface area contributed by atoms with E-state index in [2.05, 4.69) is 24.0 Å². The van der Waals surface area contributed by atoms with E-state index in [0.29, 0.717) is 6.04 Å². The highest BCUT2D eigenvalue weighted by molar-refractivity contribution is 5.71. The van der Waals surface area contributed by atoms with Gasteiger partial charge in [0.1, 0.15) is 5.75 Å². The number of benzene rings is 1. The highest BCUT2D eigenvalue weighted by atomic mass is 16.5. The molecule has 116 valence electrons. The first-order valence-corrected chi connectivity index (χ1v) is 7.64. The fourth-order valence-electron chi connectivity index (χ4n) is 3.25. The molecular formula is C17H25NO3. The minimum atomic E-state index is -0.660. The van der Waals surface area contributed by atoms with E-state index in [-0.39, 0.29) is 12.0 Å². The molecule has 0 spiro atoms. The van der Waals surface area contributed by atoms with Gasteiger partial charge in [-0.25, -0.2) is 0 Å². The van der Waals surface area contributed by atoms with E-state index in [1.165, 1.54) is 5.56 Å². The highest BCUT2D eigenvalue weighted by Gasteiger charge is 2.37. The molecule has 1 saturated heterocycles. The molecule has 3 atom stereocenters. The molecule has 1 aromatic carbocycles. The second-order valence-corrected chi connectivity index (χ2v) is 5.95.